The first-order valence-electron chi connectivity index (χ1n) is 9.69. The molecule has 1 aromatic heterocycles. The highest BCUT2D eigenvalue weighted by atomic mass is 35.5. The minimum atomic E-state index is -0.222. The maximum atomic E-state index is 13.1. The zero-order valence-electron chi connectivity index (χ0n) is 17.4. The summed E-state index contributed by atoms with van der Waals surface area (Å²) in [6, 6.07) is 16.8. The van der Waals surface area contributed by atoms with Crippen molar-refractivity contribution in [3.05, 3.63) is 87.7 Å². The van der Waals surface area contributed by atoms with Crippen LogP contribution >= 0.6 is 11.6 Å². The average Bonchev–Trinajstić information content (AvgIpc) is 2.83. The van der Waals surface area contributed by atoms with E-state index >= 15 is 0 Å². The third-order valence-electron chi connectivity index (χ3n) is 4.98. The van der Waals surface area contributed by atoms with Crippen molar-refractivity contribution in [3.63, 3.8) is 0 Å². The van der Waals surface area contributed by atoms with Gasteiger partial charge in [0.25, 0.3) is 0 Å². The maximum Gasteiger partial charge on any atom is 0.200 e. The van der Waals surface area contributed by atoms with E-state index in [9.17, 15) is 9.59 Å². The van der Waals surface area contributed by atoms with Gasteiger partial charge in [0.15, 0.2) is 23.9 Å². The van der Waals surface area contributed by atoms with Crippen molar-refractivity contribution >= 4 is 28.4 Å². The highest BCUT2D eigenvalue weighted by molar-refractivity contribution is 6.30. The number of methoxy groups -OCH3 is 2. The Morgan fingerprint density at radius 1 is 0.938 bits per heavy atom. The highest BCUT2D eigenvalue weighted by Crippen LogP contribution is 2.32. The predicted octanol–water partition coefficient (Wildman–Crippen LogP) is 5.39. The normalized spacial score (nSPS) is 10.7. The summed E-state index contributed by atoms with van der Waals surface area (Å²) in [6.45, 7) is -0.211. The topological polar surface area (TPSA) is 75.0 Å². The number of carbonyl (C=O) groups is 1. The lowest BCUT2D eigenvalue weighted by atomic mass is 10.1. The molecule has 0 bridgehead atoms. The zero-order valence-corrected chi connectivity index (χ0v) is 18.1. The number of hydrogen-bond acceptors (Lipinski definition) is 6. The van der Waals surface area contributed by atoms with Crippen LogP contribution < -0.4 is 19.6 Å². The molecule has 3 aromatic carbocycles. The first kappa shape index (κ1) is 21.5. The fraction of sp³-hybridized carbons (Fsp3) is 0.120. The molecule has 0 fully saturated rings. The molecule has 0 saturated heterocycles. The Labute approximate surface area is 188 Å². The molecule has 0 saturated carbocycles. The van der Waals surface area contributed by atoms with E-state index in [1.54, 1.807) is 67.8 Å². The fourth-order valence-electron chi connectivity index (χ4n) is 3.24. The summed E-state index contributed by atoms with van der Waals surface area (Å²) in [6.07, 6.45) is 1.40. The van der Waals surface area contributed by atoms with Crippen molar-refractivity contribution in [1.82, 2.24) is 0 Å². The second-order valence-corrected chi connectivity index (χ2v) is 7.36. The van der Waals surface area contributed by atoms with E-state index in [4.69, 9.17) is 30.2 Å². The standard InChI is InChI=1S/C25H19ClO6/c1-29-18-9-5-15(6-10-18)20-13-31-22-12-24(23(30-2)11-19(22)25(20)28)32-14-21(27)16-3-7-17(26)8-4-16/h3-13H,14H2,1-2H3. The predicted molar refractivity (Wildman–Crippen MR) is 122 cm³/mol. The van der Waals surface area contributed by atoms with Crippen molar-refractivity contribution in [2.75, 3.05) is 20.8 Å². The molecule has 32 heavy (non-hydrogen) atoms. The molecule has 6 nitrogen and oxygen atoms in total. The van der Waals surface area contributed by atoms with Gasteiger partial charge in [-0.1, -0.05) is 23.7 Å². The Morgan fingerprint density at radius 3 is 2.31 bits per heavy atom. The van der Waals surface area contributed by atoms with E-state index in [2.05, 4.69) is 0 Å². The van der Waals surface area contributed by atoms with E-state index in [1.165, 1.54) is 13.4 Å². The molecule has 1 heterocycles. The van der Waals surface area contributed by atoms with Gasteiger partial charge < -0.3 is 18.6 Å². The maximum absolute atomic E-state index is 13.1. The minimum absolute atomic E-state index is 0.210. The van der Waals surface area contributed by atoms with Crippen LogP contribution in [0.1, 0.15) is 10.4 Å². The van der Waals surface area contributed by atoms with Crippen LogP contribution in [0.15, 0.2) is 76.1 Å². The molecule has 0 N–H and O–H groups in total. The van der Waals surface area contributed by atoms with Crippen molar-refractivity contribution in [1.29, 1.82) is 0 Å². The van der Waals surface area contributed by atoms with Crippen LogP contribution in [0.3, 0.4) is 0 Å². The summed E-state index contributed by atoms with van der Waals surface area (Å²) < 4.78 is 21.9. The first-order chi connectivity index (χ1) is 15.5. The number of halogens is 1. The van der Waals surface area contributed by atoms with Gasteiger partial charge in [0.1, 0.15) is 17.6 Å². The number of Topliss-reactive ketones (excluding diaryl/α,β-unsaturated/α-hetero) is 1. The molecule has 0 aliphatic heterocycles. The molecule has 0 unspecified atom stereocenters. The van der Waals surface area contributed by atoms with E-state index in [0.29, 0.717) is 49.9 Å². The van der Waals surface area contributed by atoms with Crippen LogP contribution in [-0.4, -0.2) is 26.6 Å². The Balaban J connectivity index is 1.64. The molecule has 0 spiro atoms. The number of ketones is 1. The molecule has 0 atom stereocenters. The quantitative estimate of drug-likeness (QED) is 0.351. The number of rotatable bonds is 7. The lowest BCUT2D eigenvalue weighted by molar-refractivity contribution is 0.0919. The average molecular weight is 451 g/mol. The van der Waals surface area contributed by atoms with E-state index < -0.39 is 0 Å². The summed E-state index contributed by atoms with van der Waals surface area (Å²) in [5.74, 6) is 1.08. The summed E-state index contributed by atoms with van der Waals surface area (Å²) in [5, 5.41) is 0.884. The minimum Gasteiger partial charge on any atom is -0.497 e. The smallest absolute Gasteiger partial charge is 0.200 e. The first-order valence-corrected chi connectivity index (χ1v) is 10.1. The van der Waals surface area contributed by atoms with Gasteiger partial charge >= 0.3 is 0 Å². The number of hydrogen-bond donors (Lipinski definition) is 0. The molecule has 0 aliphatic rings. The lowest BCUT2D eigenvalue weighted by Gasteiger charge is -2.12. The Bertz CT molecular complexity index is 1320. The molecule has 4 rings (SSSR count). The van der Waals surface area contributed by atoms with Gasteiger partial charge in [-0.05, 0) is 48.0 Å². The summed E-state index contributed by atoms with van der Waals surface area (Å²) >= 11 is 5.86. The van der Waals surface area contributed by atoms with E-state index in [0.717, 1.165) is 0 Å². The Kier molecular flexibility index (Phi) is 6.14. The number of benzene rings is 3. The monoisotopic (exact) mass is 450 g/mol. The number of fused-ring (bicyclic) bond motifs is 1. The van der Waals surface area contributed by atoms with Crippen molar-refractivity contribution in [2.24, 2.45) is 0 Å². The van der Waals surface area contributed by atoms with Gasteiger partial charge in [-0.3, -0.25) is 9.59 Å². The SMILES string of the molecule is COc1ccc(-c2coc3cc(OCC(=O)c4ccc(Cl)cc4)c(OC)cc3c2=O)cc1. The molecule has 0 amide bonds. The van der Waals surface area contributed by atoms with Gasteiger partial charge in [-0.25, -0.2) is 0 Å². The zero-order chi connectivity index (χ0) is 22.7. The molecule has 7 heteroatoms. The van der Waals surface area contributed by atoms with Crippen LogP contribution in [-0.2, 0) is 0 Å². The molecule has 162 valence electrons. The van der Waals surface area contributed by atoms with Crippen molar-refractivity contribution in [3.8, 4) is 28.4 Å². The largest absolute Gasteiger partial charge is 0.497 e. The third kappa shape index (κ3) is 4.31. The summed E-state index contributed by atoms with van der Waals surface area (Å²) in [5.41, 5.74) is 1.70. The van der Waals surface area contributed by atoms with Crippen LogP contribution in [0, 0.1) is 0 Å². The Morgan fingerprint density at radius 2 is 1.66 bits per heavy atom. The third-order valence-corrected chi connectivity index (χ3v) is 5.24. The van der Waals surface area contributed by atoms with Crippen molar-refractivity contribution in [2.45, 2.75) is 0 Å². The van der Waals surface area contributed by atoms with Crippen molar-refractivity contribution < 1.29 is 23.4 Å². The van der Waals surface area contributed by atoms with Crippen LogP contribution in [0.5, 0.6) is 17.2 Å². The molecule has 0 aliphatic carbocycles. The summed E-state index contributed by atoms with van der Waals surface area (Å²) in [4.78, 5) is 25.5. The van der Waals surface area contributed by atoms with Gasteiger partial charge in [0.05, 0.1) is 25.2 Å². The lowest BCUT2D eigenvalue weighted by Crippen LogP contribution is -2.12. The van der Waals surface area contributed by atoms with E-state index in [-0.39, 0.29) is 17.8 Å². The molecule has 4 aromatic rings. The Hall–Kier alpha value is -3.77. The van der Waals surface area contributed by atoms with Gasteiger partial charge in [0, 0.05) is 16.7 Å². The molecular weight excluding hydrogens is 432 g/mol. The number of carbonyl (C=O) groups excluding carboxylic acids is 1. The van der Waals surface area contributed by atoms with Gasteiger partial charge in [-0.2, -0.15) is 0 Å². The van der Waals surface area contributed by atoms with Gasteiger partial charge in [-0.15, -0.1) is 0 Å². The summed E-state index contributed by atoms with van der Waals surface area (Å²) in [7, 11) is 3.04. The highest BCUT2D eigenvalue weighted by Gasteiger charge is 2.16. The van der Waals surface area contributed by atoms with Crippen LogP contribution in [0.4, 0.5) is 0 Å². The van der Waals surface area contributed by atoms with Gasteiger partial charge in [0.2, 0.25) is 5.43 Å². The van der Waals surface area contributed by atoms with E-state index in [1.807, 2.05) is 0 Å². The van der Waals surface area contributed by atoms with Crippen LogP contribution in [0.25, 0.3) is 22.1 Å². The molecular formula is C25H19ClO6. The molecule has 0 radical (unpaired) electrons. The fourth-order valence-corrected chi connectivity index (χ4v) is 3.37. The second-order valence-electron chi connectivity index (χ2n) is 6.92. The number of ether oxygens (including phenoxy) is 3. The van der Waals surface area contributed by atoms with Crippen LogP contribution in [0.2, 0.25) is 5.02 Å². The second kappa shape index (κ2) is 9.16.